The van der Waals surface area contributed by atoms with Gasteiger partial charge in [0.2, 0.25) is 5.91 Å². The normalized spacial score (nSPS) is 13.1. The number of benzene rings is 1. The van der Waals surface area contributed by atoms with E-state index < -0.39 is 11.9 Å². The van der Waals surface area contributed by atoms with Crippen LogP contribution in [0.5, 0.6) is 0 Å². The third-order valence-corrected chi connectivity index (χ3v) is 4.61. The number of rotatable bonds is 9. The number of likely N-dealkylation sites (N-methyl/N-ethyl adjacent to an activating group) is 1. The van der Waals surface area contributed by atoms with Crippen molar-refractivity contribution < 1.29 is 18.4 Å². The highest BCUT2D eigenvalue weighted by molar-refractivity contribution is 5.95. The molecule has 0 saturated carbocycles. The molecule has 1 aromatic carbocycles. The lowest BCUT2D eigenvalue weighted by Crippen LogP contribution is -2.49. The third kappa shape index (κ3) is 5.58. The monoisotopic (exact) mass is 395 g/mol. The van der Waals surface area contributed by atoms with Gasteiger partial charge in [-0.05, 0) is 43.9 Å². The number of furan rings is 2. The number of hydrogen-bond donors (Lipinski definition) is 2. The highest BCUT2D eigenvalue weighted by Crippen LogP contribution is 2.17. The highest BCUT2D eigenvalue weighted by atomic mass is 16.3. The molecular formula is C22H25N3O4. The fourth-order valence-electron chi connectivity index (χ4n) is 3.04. The number of nitrogens with one attached hydrogen (secondary N) is 2. The van der Waals surface area contributed by atoms with Gasteiger partial charge in [0, 0.05) is 13.0 Å². The van der Waals surface area contributed by atoms with E-state index in [4.69, 9.17) is 8.83 Å². The molecule has 2 atom stereocenters. The minimum atomic E-state index is -0.741. The van der Waals surface area contributed by atoms with E-state index in [2.05, 4.69) is 10.6 Å². The number of nitrogens with zero attached hydrogens (tertiary/aromatic N) is 1. The van der Waals surface area contributed by atoms with Crippen LogP contribution in [0.4, 0.5) is 0 Å². The van der Waals surface area contributed by atoms with Crippen LogP contribution in [-0.2, 0) is 11.2 Å². The standard InChI is InChI=1S/C22H25N3O4/c1-25(2)18(19-10-6-12-28-19)15-23-21(26)17(14-16-8-4-3-5-9-16)24-22(27)20-11-7-13-29-20/h3-13,17-18H,14-15H2,1-2H3,(H,23,26)(H,24,27)/t17-,18-/m0/s1. The fourth-order valence-corrected chi connectivity index (χ4v) is 3.04. The van der Waals surface area contributed by atoms with Crippen LogP contribution in [0, 0.1) is 0 Å². The molecule has 2 heterocycles. The SMILES string of the molecule is CN(C)[C@@H](CNC(=O)[C@H](Cc1ccccc1)NC(=O)c1ccco1)c1ccco1. The number of amides is 2. The molecule has 0 aliphatic rings. The van der Waals surface area contributed by atoms with E-state index in [-0.39, 0.29) is 17.7 Å². The van der Waals surface area contributed by atoms with Gasteiger partial charge in [0.25, 0.3) is 5.91 Å². The summed E-state index contributed by atoms with van der Waals surface area (Å²) in [7, 11) is 3.83. The lowest BCUT2D eigenvalue weighted by molar-refractivity contribution is -0.123. The van der Waals surface area contributed by atoms with Crippen molar-refractivity contribution in [3.8, 4) is 0 Å². The topological polar surface area (TPSA) is 87.7 Å². The maximum atomic E-state index is 12.9. The molecule has 29 heavy (non-hydrogen) atoms. The van der Waals surface area contributed by atoms with Crippen LogP contribution in [0.3, 0.4) is 0 Å². The molecule has 3 aromatic rings. The zero-order valence-electron chi connectivity index (χ0n) is 16.5. The maximum absolute atomic E-state index is 12.9. The molecule has 152 valence electrons. The smallest absolute Gasteiger partial charge is 0.287 e. The van der Waals surface area contributed by atoms with Crippen molar-refractivity contribution >= 4 is 11.8 Å². The first-order chi connectivity index (χ1) is 14.0. The number of carbonyl (C=O) groups excluding carboxylic acids is 2. The van der Waals surface area contributed by atoms with Gasteiger partial charge in [-0.2, -0.15) is 0 Å². The van der Waals surface area contributed by atoms with Crippen molar-refractivity contribution in [1.82, 2.24) is 15.5 Å². The summed E-state index contributed by atoms with van der Waals surface area (Å²) in [6.45, 7) is 0.348. The van der Waals surface area contributed by atoms with Crippen molar-refractivity contribution in [2.45, 2.75) is 18.5 Å². The van der Waals surface area contributed by atoms with Crippen molar-refractivity contribution in [3.05, 3.63) is 84.2 Å². The first-order valence-corrected chi connectivity index (χ1v) is 9.40. The Morgan fingerprint density at radius 2 is 1.69 bits per heavy atom. The number of hydrogen-bond acceptors (Lipinski definition) is 5. The summed E-state index contributed by atoms with van der Waals surface area (Å²) in [6, 6.07) is 15.6. The average molecular weight is 395 g/mol. The average Bonchev–Trinajstić information content (AvgIpc) is 3.42. The Morgan fingerprint density at radius 3 is 2.31 bits per heavy atom. The van der Waals surface area contributed by atoms with Gasteiger partial charge >= 0.3 is 0 Å². The Hall–Kier alpha value is -3.32. The fraction of sp³-hybridized carbons (Fsp3) is 0.273. The third-order valence-electron chi connectivity index (χ3n) is 4.61. The first kappa shape index (κ1) is 20.4. The van der Waals surface area contributed by atoms with E-state index in [1.807, 2.05) is 61.5 Å². The van der Waals surface area contributed by atoms with Gasteiger partial charge in [-0.25, -0.2) is 0 Å². The maximum Gasteiger partial charge on any atom is 0.287 e. The zero-order chi connectivity index (χ0) is 20.6. The minimum Gasteiger partial charge on any atom is -0.468 e. The lowest BCUT2D eigenvalue weighted by Gasteiger charge is -2.24. The molecule has 2 N–H and O–H groups in total. The molecule has 0 aliphatic heterocycles. The molecule has 3 rings (SSSR count). The Morgan fingerprint density at radius 1 is 0.966 bits per heavy atom. The second kappa shape index (κ2) is 9.75. The molecule has 0 radical (unpaired) electrons. The van der Waals surface area contributed by atoms with Crippen LogP contribution in [-0.4, -0.2) is 43.4 Å². The van der Waals surface area contributed by atoms with E-state index in [0.29, 0.717) is 13.0 Å². The molecule has 0 unspecified atom stereocenters. The summed E-state index contributed by atoms with van der Waals surface area (Å²) in [5.41, 5.74) is 0.947. The van der Waals surface area contributed by atoms with Crippen molar-refractivity contribution in [3.63, 3.8) is 0 Å². The summed E-state index contributed by atoms with van der Waals surface area (Å²) in [6.07, 6.45) is 3.40. The van der Waals surface area contributed by atoms with Crippen LogP contribution >= 0.6 is 0 Å². The van der Waals surface area contributed by atoms with Crippen molar-refractivity contribution in [1.29, 1.82) is 0 Å². The van der Waals surface area contributed by atoms with E-state index in [1.165, 1.54) is 6.26 Å². The van der Waals surface area contributed by atoms with E-state index in [0.717, 1.165) is 11.3 Å². The highest BCUT2D eigenvalue weighted by Gasteiger charge is 2.25. The van der Waals surface area contributed by atoms with Gasteiger partial charge in [-0.15, -0.1) is 0 Å². The van der Waals surface area contributed by atoms with Crippen LogP contribution in [0.25, 0.3) is 0 Å². The summed E-state index contributed by atoms with van der Waals surface area (Å²) in [5.74, 6) is 0.223. The molecule has 0 spiro atoms. The quantitative estimate of drug-likeness (QED) is 0.582. The van der Waals surface area contributed by atoms with Crippen LogP contribution in [0.15, 0.2) is 76.0 Å². The molecular weight excluding hydrogens is 370 g/mol. The van der Waals surface area contributed by atoms with Gasteiger partial charge in [0.15, 0.2) is 5.76 Å². The summed E-state index contributed by atoms with van der Waals surface area (Å²) in [5, 5.41) is 5.71. The molecule has 0 aliphatic carbocycles. The largest absolute Gasteiger partial charge is 0.468 e. The van der Waals surface area contributed by atoms with E-state index in [9.17, 15) is 9.59 Å². The second-order valence-electron chi connectivity index (χ2n) is 6.93. The Balaban J connectivity index is 1.70. The van der Waals surface area contributed by atoms with Crippen molar-refractivity contribution in [2.75, 3.05) is 20.6 Å². The molecule has 0 bridgehead atoms. The minimum absolute atomic E-state index is 0.118. The van der Waals surface area contributed by atoms with Crippen molar-refractivity contribution in [2.24, 2.45) is 0 Å². The molecule has 0 saturated heterocycles. The van der Waals surface area contributed by atoms with Gasteiger partial charge < -0.3 is 19.5 Å². The van der Waals surface area contributed by atoms with Gasteiger partial charge in [-0.1, -0.05) is 30.3 Å². The molecule has 7 heteroatoms. The summed E-state index contributed by atoms with van der Waals surface area (Å²) < 4.78 is 10.6. The van der Waals surface area contributed by atoms with E-state index in [1.54, 1.807) is 18.4 Å². The Kier molecular flexibility index (Phi) is 6.86. The molecule has 2 aromatic heterocycles. The van der Waals surface area contributed by atoms with Gasteiger partial charge in [0.1, 0.15) is 11.8 Å². The summed E-state index contributed by atoms with van der Waals surface area (Å²) in [4.78, 5) is 27.3. The van der Waals surface area contributed by atoms with Crippen LogP contribution < -0.4 is 10.6 Å². The molecule has 7 nitrogen and oxygen atoms in total. The lowest BCUT2D eigenvalue weighted by atomic mass is 10.0. The zero-order valence-corrected chi connectivity index (χ0v) is 16.5. The Labute approximate surface area is 169 Å². The predicted octanol–water partition coefficient (Wildman–Crippen LogP) is 2.63. The van der Waals surface area contributed by atoms with Crippen LogP contribution in [0.1, 0.15) is 27.9 Å². The number of carbonyl (C=O) groups is 2. The Bertz CT molecular complexity index is 890. The van der Waals surface area contributed by atoms with Gasteiger partial charge in [0.05, 0.1) is 18.6 Å². The van der Waals surface area contributed by atoms with Gasteiger partial charge in [-0.3, -0.25) is 14.5 Å². The summed E-state index contributed by atoms with van der Waals surface area (Å²) >= 11 is 0. The van der Waals surface area contributed by atoms with E-state index >= 15 is 0 Å². The molecule has 2 amide bonds. The van der Waals surface area contributed by atoms with Crippen LogP contribution in [0.2, 0.25) is 0 Å². The first-order valence-electron chi connectivity index (χ1n) is 9.40. The molecule has 0 fully saturated rings. The second-order valence-corrected chi connectivity index (χ2v) is 6.93. The predicted molar refractivity (Wildman–Crippen MR) is 108 cm³/mol.